The van der Waals surface area contributed by atoms with Gasteiger partial charge in [0.15, 0.2) is 0 Å². The standard InChI is InChI=1S/C49H37N/c1-4-13-35(14-5-1)37-23-29-42(30-24-37)50(43-31-25-38(26-32-43)36-15-6-2-7-16-36)47-22-12-20-41-28-34-46-44(39-17-8-3-9-18-39)33-27-40-19-10-11-21-45(40)49(46)48(41)47/h1-26,28-32,34,44H,27,33H2. The lowest BCUT2D eigenvalue weighted by Gasteiger charge is -2.29. The molecule has 0 spiro atoms. The van der Waals surface area contributed by atoms with Crippen LogP contribution in [0.4, 0.5) is 17.1 Å². The molecular formula is C49H37N. The van der Waals surface area contributed by atoms with Crippen LogP contribution in [-0.4, -0.2) is 0 Å². The molecule has 0 amide bonds. The Labute approximate surface area is 294 Å². The molecule has 0 aromatic heterocycles. The summed E-state index contributed by atoms with van der Waals surface area (Å²) < 4.78 is 0. The van der Waals surface area contributed by atoms with Gasteiger partial charge in [-0.2, -0.15) is 0 Å². The monoisotopic (exact) mass is 639 g/mol. The third-order valence-corrected chi connectivity index (χ3v) is 10.3. The second kappa shape index (κ2) is 13.0. The zero-order valence-corrected chi connectivity index (χ0v) is 27.9. The van der Waals surface area contributed by atoms with Gasteiger partial charge in [-0.25, -0.2) is 0 Å². The predicted molar refractivity (Wildman–Crippen MR) is 212 cm³/mol. The number of hydrogen-bond acceptors (Lipinski definition) is 1. The van der Waals surface area contributed by atoms with Crippen molar-refractivity contribution in [2.75, 3.05) is 4.90 Å². The van der Waals surface area contributed by atoms with Crippen LogP contribution in [0.1, 0.15) is 29.0 Å². The molecule has 0 saturated heterocycles. The molecule has 9 rings (SSSR count). The number of anilines is 3. The first-order chi connectivity index (χ1) is 24.8. The second-order valence-electron chi connectivity index (χ2n) is 13.2. The summed E-state index contributed by atoms with van der Waals surface area (Å²) in [6.45, 7) is 0. The Kier molecular flexibility index (Phi) is 7.80. The molecule has 1 unspecified atom stereocenters. The van der Waals surface area contributed by atoms with Crippen molar-refractivity contribution in [1.29, 1.82) is 0 Å². The summed E-state index contributed by atoms with van der Waals surface area (Å²) in [7, 11) is 0. The van der Waals surface area contributed by atoms with Crippen LogP contribution >= 0.6 is 0 Å². The summed E-state index contributed by atoms with van der Waals surface area (Å²) >= 11 is 0. The Morgan fingerprint density at radius 1 is 0.420 bits per heavy atom. The van der Waals surface area contributed by atoms with E-state index in [1.807, 2.05) is 0 Å². The van der Waals surface area contributed by atoms with E-state index >= 15 is 0 Å². The summed E-state index contributed by atoms with van der Waals surface area (Å²) in [5, 5.41) is 2.54. The molecule has 1 atom stereocenters. The predicted octanol–water partition coefficient (Wildman–Crippen LogP) is 13.4. The van der Waals surface area contributed by atoms with Crippen LogP contribution in [0.5, 0.6) is 0 Å². The fraction of sp³-hybridized carbons (Fsp3) is 0.0612. The molecule has 0 N–H and O–H groups in total. The molecule has 0 fully saturated rings. The van der Waals surface area contributed by atoms with Crippen LogP contribution in [0, 0.1) is 0 Å². The van der Waals surface area contributed by atoms with E-state index in [9.17, 15) is 0 Å². The highest BCUT2D eigenvalue weighted by Crippen LogP contribution is 2.49. The van der Waals surface area contributed by atoms with Gasteiger partial charge in [0.25, 0.3) is 0 Å². The van der Waals surface area contributed by atoms with Crippen LogP contribution in [0.3, 0.4) is 0 Å². The topological polar surface area (TPSA) is 3.24 Å². The van der Waals surface area contributed by atoms with Crippen molar-refractivity contribution in [2.24, 2.45) is 0 Å². The van der Waals surface area contributed by atoms with E-state index in [1.165, 1.54) is 66.5 Å². The normalized spacial score (nSPS) is 13.6. The zero-order chi connectivity index (χ0) is 33.3. The Bertz CT molecular complexity index is 2310. The van der Waals surface area contributed by atoms with Crippen molar-refractivity contribution in [3.63, 3.8) is 0 Å². The van der Waals surface area contributed by atoms with E-state index in [-0.39, 0.29) is 0 Å². The molecule has 8 aromatic carbocycles. The highest BCUT2D eigenvalue weighted by Gasteiger charge is 2.27. The van der Waals surface area contributed by atoms with Crippen LogP contribution in [0.25, 0.3) is 44.2 Å². The minimum Gasteiger partial charge on any atom is -0.310 e. The van der Waals surface area contributed by atoms with Gasteiger partial charge < -0.3 is 4.90 Å². The average Bonchev–Trinajstić information content (AvgIpc) is 3.37. The fourth-order valence-electron chi connectivity index (χ4n) is 7.91. The number of fused-ring (bicyclic) bond motifs is 5. The summed E-state index contributed by atoms with van der Waals surface area (Å²) in [4.78, 5) is 2.46. The second-order valence-corrected chi connectivity index (χ2v) is 13.2. The summed E-state index contributed by atoms with van der Waals surface area (Å²) in [6.07, 6.45) is 2.12. The van der Waals surface area contributed by atoms with Crippen LogP contribution in [0.2, 0.25) is 0 Å². The van der Waals surface area contributed by atoms with Gasteiger partial charge in [-0.1, -0.05) is 164 Å². The first-order valence-corrected chi connectivity index (χ1v) is 17.6. The van der Waals surface area contributed by atoms with Gasteiger partial charge in [-0.3, -0.25) is 0 Å². The molecule has 238 valence electrons. The van der Waals surface area contributed by atoms with Crippen molar-refractivity contribution in [3.8, 4) is 33.4 Å². The lowest BCUT2D eigenvalue weighted by atomic mass is 9.83. The molecule has 0 bridgehead atoms. The smallest absolute Gasteiger partial charge is 0.0546 e. The number of benzene rings is 8. The van der Waals surface area contributed by atoms with Gasteiger partial charge in [0.2, 0.25) is 0 Å². The van der Waals surface area contributed by atoms with Gasteiger partial charge in [0, 0.05) is 22.7 Å². The molecule has 1 nitrogen and oxygen atoms in total. The lowest BCUT2D eigenvalue weighted by Crippen LogP contribution is -2.11. The van der Waals surface area contributed by atoms with Crippen LogP contribution < -0.4 is 4.90 Å². The number of rotatable bonds is 6. The third kappa shape index (κ3) is 5.47. The molecule has 0 heterocycles. The molecule has 0 aliphatic heterocycles. The average molecular weight is 640 g/mol. The Balaban J connectivity index is 1.29. The van der Waals surface area contributed by atoms with Crippen molar-refractivity contribution < 1.29 is 0 Å². The molecule has 1 heteroatoms. The maximum Gasteiger partial charge on any atom is 0.0546 e. The van der Waals surface area contributed by atoms with E-state index in [1.54, 1.807) is 0 Å². The highest BCUT2D eigenvalue weighted by atomic mass is 15.1. The minimum atomic E-state index is 0.305. The highest BCUT2D eigenvalue weighted by molar-refractivity contribution is 6.09. The fourth-order valence-corrected chi connectivity index (χ4v) is 7.91. The van der Waals surface area contributed by atoms with E-state index in [4.69, 9.17) is 0 Å². The first kappa shape index (κ1) is 29.9. The van der Waals surface area contributed by atoms with Gasteiger partial charge in [-0.15, -0.1) is 0 Å². The van der Waals surface area contributed by atoms with E-state index in [2.05, 4.69) is 199 Å². The van der Waals surface area contributed by atoms with Crippen molar-refractivity contribution in [1.82, 2.24) is 0 Å². The summed E-state index contributed by atoms with van der Waals surface area (Å²) in [5.74, 6) is 0.305. The number of hydrogen-bond donors (Lipinski definition) is 0. The first-order valence-electron chi connectivity index (χ1n) is 17.6. The van der Waals surface area contributed by atoms with Crippen molar-refractivity contribution >= 4 is 27.8 Å². The largest absolute Gasteiger partial charge is 0.310 e. The maximum atomic E-state index is 2.46. The Hall–Kier alpha value is -6.18. The molecule has 50 heavy (non-hydrogen) atoms. The van der Waals surface area contributed by atoms with Gasteiger partial charge >= 0.3 is 0 Å². The van der Waals surface area contributed by atoms with E-state index in [0.717, 1.165) is 24.2 Å². The molecule has 0 saturated carbocycles. The molecular weight excluding hydrogens is 603 g/mol. The number of nitrogens with zero attached hydrogens (tertiary/aromatic N) is 1. The molecule has 1 aliphatic carbocycles. The van der Waals surface area contributed by atoms with E-state index in [0.29, 0.717) is 5.92 Å². The SMILES string of the molecule is c1ccc(-c2ccc(N(c3ccc(-c4ccccc4)cc3)c3cccc4ccc5c(c34)-c3ccccc3CCC5c3ccccc3)cc2)cc1. The molecule has 0 radical (unpaired) electrons. The Morgan fingerprint density at radius 2 is 0.960 bits per heavy atom. The third-order valence-electron chi connectivity index (χ3n) is 10.3. The van der Waals surface area contributed by atoms with Gasteiger partial charge in [0.1, 0.15) is 0 Å². The van der Waals surface area contributed by atoms with E-state index < -0.39 is 0 Å². The van der Waals surface area contributed by atoms with Gasteiger partial charge in [0.05, 0.1) is 5.69 Å². The molecule has 8 aromatic rings. The number of aryl methyl sites for hydroxylation is 1. The minimum absolute atomic E-state index is 0.305. The zero-order valence-electron chi connectivity index (χ0n) is 27.9. The van der Waals surface area contributed by atoms with Crippen molar-refractivity contribution in [3.05, 3.63) is 211 Å². The quantitative estimate of drug-likeness (QED) is 0.175. The van der Waals surface area contributed by atoms with Crippen LogP contribution in [-0.2, 0) is 6.42 Å². The van der Waals surface area contributed by atoms with Crippen LogP contribution in [0.15, 0.2) is 194 Å². The molecule has 1 aliphatic rings. The van der Waals surface area contributed by atoms with Crippen molar-refractivity contribution in [2.45, 2.75) is 18.8 Å². The Morgan fingerprint density at radius 3 is 1.58 bits per heavy atom. The van der Waals surface area contributed by atoms with Gasteiger partial charge in [-0.05, 0) is 98.6 Å². The maximum absolute atomic E-state index is 2.46. The summed E-state index contributed by atoms with van der Waals surface area (Å²) in [6, 6.07) is 71.1. The lowest BCUT2D eigenvalue weighted by molar-refractivity contribution is 0.726. The summed E-state index contributed by atoms with van der Waals surface area (Å²) in [5.41, 5.74) is 15.2.